The van der Waals surface area contributed by atoms with Gasteiger partial charge in [0.05, 0.1) is 5.69 Å². The number of hydrogen-bond donors (Lipinski definition) is 3. The van der Waals surface area contributed by atoms with Crippen molar-refractivity contribution in [3.05, 3.63) is 29.8 Å². The molecule has 0 fully saturated rings. The van der Waals surface area contributed by atoms with Crippen LogP contribution in [0.5, 0.6) is 0 Å². The molecule has 1 aromatic rings. The summed E-state index contributed by atoms with van der Waals surface area (Å²) in [6.07, 6.45) is 0. The molecule has 4 heteroatoms. The lowest BCUT2D eigenvalue weighted by atomic mass is 10.1. The molecule has 0 heterocycles. The number of Topliss-reactive ketones (excluding diaryl/α,β-unsaturated/α-hetero) is 1. The van der Waals surface area contributed by atoms with Crippen LogP contribution in [0.25, 0.3) is 0 Å². The Morgan fingerprint density at radius 1 is 1.23 bits per heavy atom. The third-order valence-electron chi connectivity index (χ3n) is 1.58. The zero-order valence-electron chi connectivity index (χ0n) is 7.37. The Labute approximate surface area is 76.3 Å². The normalized spacial score (nSPS) is 9.31. The fourth-order valence-corrected chi connectivity index (χ4v) is 0.955. The van der Waals surface area contributed by atoms with Crippen molar-refractivity contribution >= 4 is 17.4 Å². The Morgan fingerprint density at radius 3 is 2.15 bits per heavy atom. The van der Waals surface area contributed by atoms with E-state index in [9.17, 15) is 4.79 Å². The van der Waals surface area contributed by atoms with Gasteiger partial charge in [0, 0.05) is 5.56 Å². The molecule has 0 aliphatic rings. The van der Waals surface area contributed by atoms with Crippen molar-refractivity contribution in [2.45, 2.75) is 6.92 Å². The number of carbonyl (C=O) groups excluding carboxylic acids is 1. The quantitative estimate of drug-likeness (QED) is 0.304. The van der Waals surface area contributed by atoms with Crippen LogP contribution in [0.3, 0.4) is 0 Å². The molecule has 0 unspecified atom stereocenters. The van der Waals surface area contributed by atoms with Crippen molar-refractivity contribution in [3.63, 3.8) is 0 Å². The summed E-state index contributed by atoms with van der Waals surface area (Å²) < 4.78 is 0. The van der Waals surface area contributed by atoms with Crippen LogP contribution in [0.4, 0.5) is 5.69 Å². The molecular formula is C9H12N3O+. The fourth-order valence-electron chi connectivity index (χ4n) is 0.955. The number of guanidine groups is 1. The first-order valence-corrected chi connectivity index (χ1v) is 3.85. The maximum atomic E-state index is 10.9. The SMILES string of the molecule is CC(=O)c1ccc([NH+]=C(N)N)cc1. The summed E-state index contributed by atoms with van der Waals surface area (Å²) in [5.41, 5.74) is 11.9. The van der Waals surface area contributed by atoms with Gasteiger partial charge in [-0.3, -0.25) is 16.3 Å². The van der Waals surface area contributed by atoms with E-state index in [2.05, 4.69) is 4.99 Å². The van der Waals surface area contributed by atoms with Crippen LogP contribution in [0.2, 0.25) is 0 Å². The maximum Gasteiger partial charge on any atom is 0.343 e. The van der Waals surface area contributed by atoms with Gasteiger partial charge in [0.15, 0.2) is 5.78 Å². The Bertz CT molecular complexity index is 336. The highest BCUT2D eigenvalue weighted by molar-refractivity contribution is 5.94. The molecule has 1 aromatic carbocycles. The first-order valence-electron chi connectivity index (χ1n) is 3.85. The third kappa shape index (κ3) is 2.59. The van der Waals surface area contributed by atoms with Gasteiger partial charge in [-0.25, -0.2) is 4.99 Å². The molecule has 0 bridgehead atoms. The molecule has 0 saturated carbocycles. The second-order valence-electron chi connectivity index (χ2n) is 2.71. The molecule has 0 aliphatic heterocycles. The highest BCUT2D eigenvalue weighted by Gasteiger charge is 1.98. The third-order valence-corrected chi connectivity index (χ3v) is 1.58. The van der Waals surface area contributed by atoms with Crippen molar-refractivity contribution in [1.29, 1.82) is 0 Å². The maximum absolute atomic E-state index is 10.9. The molecule has 0 atom stereocenters. The number of nitrogens with two attached hydrogens (primary N) is 2. The van der Waals surface area contributed by atoms with Crippen LogP contribution < -0.4 is 16.5 Å². The fraction of sp³-hybridized carbons (Fsp3) is 0.111. The van der Waals surface area contributed by atoms with Gasteiger partial charge in [0.2, 0.25) is 0 Å². The van der Waals surface area contributed by atoms with Crippen molar-refractivity contribution in [2.24, 2.45) is 11.5 Å². The molecular weight excluding hydrogens is 166 g/mol. The van der Waals surface area contributed by atoms with E-state index >= 15 is 0 Å². The van der Waals surface area contributed by atoms with E-state index in [1.165, 1.54) is 6.92 Å². The van der Waals surface area contributed by atoms with Gasteiger partial charge in [-0.1, -0.05) is 0 Å². The largest absolute Gasteiger partial charge is 0.343 e. The lowest BCUT2D eigenvalue weighted by Crippen LogP contribution is -2.72. The minimum Gasteiger partial charge on any atom is -0.295 e. The minimum absolute atomic E-state index is 0.0382. The Balaban J connectivity index is 2.94. The Kier molecular flexibility index (Phi) is 2.64. The van der Waals surface area contributed by atoms with Crippen LogP contribution in [0, 0.1) is 0 Å². The number of benzene rings is 1. The highest BCUT2D eigenvalue weighted by atomic mass is 16.1. The van der Waals surface area contributed by atoms with Crippen LogP contribution in [0.15, 0.2) is 24.3 Å². The zero-order chi connectivity index (χ0) is 9.84. The second-order valence-corrected chi connectivity index (χ2v) is 2.71. The number of rotatable bonds is 2. The minimum atomic E-state index is 0.0382. The number of hydrogen-bond acceptors (Lipinski definition) is 1. The summed E-state index contributed by atoms with van der Waals surface area (Å²) in [4.78, 5) is 13.6. The van der Waals surface area contributed by atoms with Gasteiger partial charge >= 0.3 is 5.96 Å². The molecule has 0 spiro atoms. The molecule has 0 aliphatic carbocycles. The summed E-state index contributed by atoms with van der Waals surface area (Å²) >= 11 is 0. The van der Waals surface area contributed by atoms with E-state index in [0.717, 1.165) is 5.69 Å². The summed E-state index contributed by atoms with van der Waals surface area (Å²) in [5, 5.41) is 0. The van der Waals surface area contributed by atoms with Crippen LogP contribution in [0.1, 0.15) is 17.3 Å². The van der Waals surface area contributed by atoms with Crippen molar-refractivity contribution in [3.8, 4) is 0 Å². The lowest BCUT2D eigenvalue weighted by Gasteiger charge is -1.95. The first kappa shape index (κ1) is 9.25. The van der Waals surface area contributed by atoms with Crippen molar-refractivity contribution in [2.75, 3.05) is 0 Å². The van der Waals surface area contributed by atoms with Crippen molar-refractivity contribution in [1.82, 2.24) is 0 Å². The van der Waals surface area contributed by atoms with Crippen LogP contribution in [-0.2, 0) is 0 Å². The van der Waals surface area contributed by atoms with E-state index in [1.807, 2.05) is 0 Å². The van der Waals surface area contributed by atoms with Gasteiger partial charge in [0.1, 0.15) is 0 Å². The molecule has 4 nitrogen and oxygen atoms in total. The predicted octanol–water partition coefficient (Wildman–Crippen LogP) is -1.13. The monoisotopic (exact) mass is 178 g/mol. The average molecular weight is 178 g/mol. The number of carbonyl (C=O) groups is 1. The van der Waals surface area contributed by atoms with Crippen LogP contribution in [-0.4, -0.2) is 11.7 Å². The van der Waals surface area contributed by atoms with E-state index < -0.39 is 0 Å². The van der Waals surface area contributed by atoms with Gasteiger partial charge in [-0.2, -0.15) is 0 Å². The van der Waals surface area contributed by atoms with E-state index in [4.69, 9.17) is 11.5 Å². The first-order chi connectivity index (χ1) is 6.09. The molecule has 0 radical (unpaired) electrons. The van der Waals surface area contributed by atoms with Gasteiger partial charge < -0.3 is 0 Å². The second kappa shape index (κ2) is 3.71. The number of nitrogens with one attached hydrogen (secondary N) is 1. The molecule has 0 aromatic heterocycles. The molecule has 0 amide bonds. The van der Waals surface area contributed by atoms with E-state index in [-0.39, 0.29) is 11.7 Å². The summed E-state index contributed by atoms with van der Waals surface area (Å²) in [6.45, 7) is 1.52. The van der Waals surface area contributed by atoms with Gasteiger partial charge in [-0.05, 0) is 31.2 Å². The zero-order valence-corrected chi connectivity index (χ0v) is 7.37. The molecule has 0 saturated heterocycles. The Hall–Kier alpha value is -1.84. The molecule has 1 rings (SSSR count). The van der Waals surface area contributed by atoms with Gasteiger partial charge in [0.25, 0.3) is 0 Å². The summed E-state index contributed by atoms with van der Waals surface area (Å²) in [5.74, 6) is 0.173. The average Bonchev–Trinajstić information content (AvgIpc) is 2.04. The van der Waals surface area contributed by atoms with Crippen LogP contribution >= 0.6 is 0 Å². The molecule has 68 valence electrons. The standard InChI is InChI=1S/C9H11N3O/c1-6(13)7-2-4-8(5-3-7)12-9(10)11/h2-5H,1H3,(H4,10,11,12)/p+1. The molecule has 5 N–H and O–H groups in total. The van der Waals surface area contributed by atoms with E-state index in [0.29, 0.717) is 5.56 Å². The molecule has 13 heavy (non-hydrogen) atoms. The Morgan fingerprint density at radius 2 is 1.77 bits per heavy atom. The van der Waals surface area contributed by atoms with Gasteiger partial charge in [-0.15, -0.1) is 0 Å². The van der Waals surface area contributed by atoms with E-state index in [1.54, 1.807) is 24.3 Å². The van der Waals surface area contributed by atoms with Crippen molar-refractivity contribution < 1.29 is 9.79 Å². The summed E-state index contributed by atoms with van der Waals surface area (Å²) in [6, 6.07) is 6.92. The topological polar surface area (TPSA) is 83.1 Å². The lowest BCUT2D eigenvalue weighted by molar-refractivity contribution is -0.356. The highest BCUT2D eigenvalue weighted by Crippen LogP contribution is 2.04. The predicted molar refractivity (Wildman–Crippen MR) is 50.5 cm³/mol. The summed E-state index contributed by atoms with van der Waals surface area (Å²) in [7, 11) is 0. The number of ketones is 1. The smallest absolute Gasteiger partial charge is 0.295 e.